The molecule has 0 unspecified atom stereocenters. The van der Waals surface area contributed by atoms with Crippen molar-refractivity contribution in [1.29, 1.82) is 0 Å². The van der Waals surface area contributed by atoms with Crippen molar-refractivity contribution in [3.05, 3.63) is 42.8 Å². The number of nitrogens with zero attached hydrogens (tertiary/aromatic N) is 2. The summed E-state index contributed by atoms with van der Waals surface area (Å²) in [6, 6.07) is 1.39. The fourth-order valence-corrected chi connectivity index (χ4v) is 2.28. The molecule has 1 aliphatic rings. The van der Waals surface area contributed by atoms with E-state index in [1.54, 1.807) is 0 Å². The standard InChI is InChI=1S/C9H8BrN3O2.2Ac/c10-7-3-8(13(14)15)9(11)5-1-2-12-4-6(5)7;;/h3,11H,1-2,4H2;;/q-2;;. The Morgan fingerprint density at radius 2 is 2.06 bits per heavy atom. The number of nitro benzene ring substituents is 1. The number of hydrogen-bond acceptors (Lipinski definition) is 2. The van der Waals surface area contributed by atoms with Crippen LogP contribution in [0.4, 0.5) is 11.4 Å². The fraction of sp³-hybridized carbons (Fsp3) is 0.333. The summed E-state index contributed by atoms with van der Waals surface area (Å²) in [6.45, 7) is 1.19. The van der Waals surface area contributed by atoms with Crippen LogP contribution in [0, 0.1) is 98.2 Å². The monoisotopic (exact) mass is 723 g/mol. The maximum absolute atomic E-state index is 10.7. The minimum atomic E-state index is -0.515. The maximum Gasteiger partial charge on any atom is 0.255 e. The molecule has 2 rings (SSSR count). The van der Waals surface area contributed by atoms with Crippen LogP contribution in [0.2, 0.25) is 0 Å². The zero-order valence-electron chi connectivity index (χ0n) is 8.94. The van der Waals surface area contributed by atoms with Crippen molar-refractivity contribution in [2.75, 3.05) is 6.54 Å². The SMILES string of the molecule is [Ac].[Ac].[NH-]c1c([N+](=O)[O-])cc(Br)c2c1CC[N-]C2. The summed E-state index contributed by atoms with van der Waals surface area (Å²) in [5.41, 5.74) is 9.32. The third kappa shape index (κ3) is 4.10. The number of halogens is 1. The molecule has 1 aromatic carbocycles. The summed E-state index contributed by atoms with van der Waals surface area (Å²) in [7, 11) is 0. The first-order valence-electron chi connectivity index (χ1n) is 4.44. The first kappa shape index (κ1) is 18.7. The molecule has 2 radical (unpaired) electrons. The molecule has 5 nitrogen and oxygen atoms in total. The second-order valence-corrected chi connectivity index (χ2v) is 4.18. The van der Waals surface area contributed by atoms with Gasteiger partial charge in [0, 0.05) is 98.7 Å². The number of rotatable bonds is 1. The molecule has 0 aromatic heterocycles. The normalized spacial score (nSPS) is 13.0. The van der Waals surface area contributed by atoms with Crippen molar-refractivity contribution in [3.63, 3.8) is 0 Å². The van der Waals surface area contributed by atoms with Crippen LogP contribution in [0.3, 0.4) is 0 Å². The molecule has 0 saturated heterocycles. The van der Waals surface area contributed by atoms with Crippen LogP contribution in [0.1, 0.15) is 11.1 Å². The minimum absolute atomic E-state index is 0. The van der Waals surface area contributed by atoms with Gasteiger partial charge in [-0.1, -0.05) is 32.7 Å². The van der Waals surface area contributed by atoms with Gasteiger partial charge in [0.05, 0.1) is 4.92 Å². The molecular formula is C9H8Ac2BrN3O2-2. The molecular weight excluding hydrogens is 716 g/mol. The Hall–Kier alpha value is 1.74. The van der Waals surface area contributed by atoms with Gasteiger partial charge in [-0.15, -0.1) is 13.1 Å². The molecule has 86 valence electrons. The molecule has 17 heavy (non-hydrogen) atoms. The average molecular weight is 724 g/mol. The third-order valence-electron chi connectivity index (χ3n) is 2.46. The molecule has 1 N–H and O–H groups in total. The predicted octanol–water partition coefficient (Wildman–Crippen LogP) is 3.47. The van der Waals surface area contributed by atoms with Gasteiger partial charge in [0.2, 0.25) is 0 Å². The first-order chi connectivity index (χ1) is 7.11. The number of nitro groups is 1. The molecule has 0 atom stereocenters. The van der Waals surface area contributed by atoms with Gasteiger partial charge in [-0.25, -0.2) is 0 Å². The zero-order chi connectivity index (χ0) is 11.0. The molecule has 1 aliphatic heterocycles. The van der Waals surface area contributed by atoms with Crippen LogP contribution in [0.25, 0.3) is 11.1 Å². The molecule has 0 saturated carbocycles. The summed E-state index contributed by atoms with van der Waals surface area (Å²) in [6.07, 6.45) is 0.619. The molecule has 1 heterocycles. The van der Waals surface area contributed by atoms with Crippen LogP contribution < -0.4 is 0 Å². The van der Waals surface area contributed by atoms with Crippen molar-refractivity contribution >= 4 is 27.3 Å². The van der Waals surface area contributed by atoms with E-state index in [0.717, 1.165) is 11.1 Å². The van der Waals surface area contributed by atoms with Crippen molar-refractivity contribution in [1.82, 2.24) is 0 Å². The Morgan fingerprint density at radius 3 is 2.65 bits per heavy atom. The smallest absolute Gasteiger partial charge is 0.255 e. The number of benzene rings is 1. The van der Waals surface area contributed by atoms with Crippen LogP contribution in [0.5, 0.6) is 0 Å². The summed E-state index contributed by atoms with van der Waals surface area (Å²) >= 11 is 3.29. The van der Waals surface area contributed by atoms with Gasteiger partial charge in [0.25, 0.3) is 5.69 Å². The van der Waals surface area contributed by atoms with Gasteiger partial charge >= 0.3 is 0 Å². The molecule has 0 fully saturated rings. The Morgan fingerprint density at radius 1 is 1.41 bits per heavy atom. The Labute approximate surface area is 179 Å². The molecule has 8 heteroatoms. The molecule has 0 spiro atoms. The van der Waals surface area contributed by atoms with E-state index in [-0.39, 0.29) is 99.5 Å². The average Bonchev–Trinajstić information content (AvgIpc) is 2.23. The van der Waals surface area contributed by atoms with E-state index in [0.29, 0.717) is 24.0 Å². The fourth-order valence-electron chi connectivity index (χ4n) is 1.70. The van der Waals surface area contributed by atoms with E-state index in [9.17, 15) is 10.1 Å². The van der Waals surface area contributed by atoms with E-state index in [2.05, 4.69) is 21.2 Å². The van der Waals surface area contributed by atoms with Gasteiger partial charge in [-0.3, -0.25) is 10.1 Å². The van der Waals surface area contributed by atoms with Crippen LogP contribution in [-0.2, 0) is 13.0 Å². The topological polar surface area (TPSA) is 81.0 Å². The first-order valence-corrected chi connectivity index (χ1v) is 5.24. The van der Waals surface area contributed by atoms with Crippen LogP contribution >= 0.6 is 15.9 Å². The number of hydrogen-bond donors (Lipinski definition) is 0. The van der Waals surface area contributed by atoms with Crippen molar-refractivity contribution in [2.45, 2.75) is 13.0 Å². The van der Waals surface area contributed by atoms with Crippen LogP contribution in [-0.4, -0.2) is 11.5 Å². The summed E-state index contributed by atoms with van der Waals surface area (Å²) in [4.78, 5) is 10.2. The zero-order valence-corrected chi connectivity index (χ0v) is 20.0. The second kappa shape index (κ2) is 8.12. The molecule has 0 bridgehead atoms. The third-order valence-corrected chi connectivity index (χ3v) is 3.17. The largest absolute Gasteiger partial charge is 0.693 e. The van der Waals surface area contributed by atoms with E-state index in [1.807, 2.05) is 0 Å². The Bertz CT molecular complexity index is 443. The van der Waals surface area contributed by atoms with Crippen molar-refractivity contribution < 1.29 is 93.0 Å². The van der Waals surface area contributed by atoms with E-state index in [4.69, 9.17) is 5.73 Å². The van der Waals surface area contributed by atoms with Gasteiger partial charge < -0.3 is 11.1 Å². The van der Waals surface area contributed by atoms with Crippen LogP contribution in [0.15, 0.2) is 10.5 Å². The van der Waals surface area contributed by atoms with Gasteiger partial charge in [0.1, 0.15) is 0 Å². The number of fused-ring (bicyclic) bond motifs is 1. The van der Waals surface area contributed by atoms with E-state index >= 15 is 0 Å². The summed E-state index contributed by atoms with van der Waals surface area (Å²) in [5, 5.41) is 14.9. The second-order valence-electron chi connectivity index (χ2n) is 3.32. The van der Waals surface area contributed by atoms with Gasteiger partial charge in [0.15, 0.2) is 0 Å². The quantitative estimate of drug-likeness (QED) is 0.329. The number of nitrogens with one attached hydrogen (secondary N) is 1. The van der Waals surface area contributed by atoms with Crippen molar-refractivity contribution in [3.8, 4) is 0 Å². The van der Waals surface area contributed by atoms with Gasteiger partial charge in [-0.2, -0.15) is 0 Å². The van der Waals surface area contributed by atoms with E-state index in [1.165, 1.54) is 6.07 Å². The predicted molar refractivity (Wildman–Crippen MR) is 60.4 cm³/mol. The Kier molecular flexibility index (Phi) is 8.96. The molecule has 0 aliphatic carbocycles. The van der Waals surface area contributed by atoms with E-state index < -0.39 is 4.92 Å². The van der Waals surface area contributed by atoms with Gasteiger partial charge in [-0.05, 0) is 6.42 Å². The maximum atomic E-state index is 10.7. The minimum Gasteiger partial charge on any atom is -0.693 e. The van der Waals surface area contributed by atoms with Crippen molar-refractivity contribution in [2.24, 2.45) is 0 Å². The summed E-state index contributed by atoms with van der Waals surface area (Å²) in [5.74, 6) is 0. The molecule has 0 amide bonds. The molecule has 1 aromatic rings. The Balaban J connectivity index is 0.00000128. The summed E-state index contributed by atoms with van der Waals surface area (Å²) < 4.78 is 0.684.